The normalized spacial score (nSPS) is 17.8. The molecule has 0 spiro atoms. The number of nitrogens with zero attached hydrogens (tertiary/aromatic N) is 3. The summed E-state index contributed by atoms with van der Waals surface area (Å²) in [6.45, 7) is 3.03. The van der Waals surface area contributed by atoms with E-state index >= 15 is 0 Å². The Morgan fingerprint density at radius 2 is 2.07 bits per heavy atom. The van der Waals surface area contributed by atoms with E-state index in [1.807, 2.05) is 43.3 Å². The molecule has 4 rings (SSSR count). The fraction of sp³-hybridized carbons (Fsp3) is 0.364. The van der Waals surface area contributed by atoms with Crippen LogP contribution >= 0.6 is 11.5 Å². The summed E-state index contributed by atoms with van der Waals surface area (Å²) >= 11 is 0.362. The molecule has 2 heterocycles. The van der Waals surface area contributed by atoms with Gasteiger partial charge in [0.2, 0.25) is 5.13 Å². The fourth-order valence-electron chi connectivity index (χ4n) is 3.70. The van der Waals surface area contributed by atoms with Crippen LogP contribution in [0.25, 0.3) is 0 Å². The molecule has 6 nitrogen and oxygen atoms in total. The maximum Gasteiger partial charge on any atom is 0.207 e. The van der Waals surface area contributed by atoms with Crippen molar-refractivity contribution >= 4 is 33.5 Å². The summed E-state index contributed by atoms with van der Waals surface area (Å²) in [5.74, 6) is 2.36. The Kier molecular flexibility index (Phi) is 6.58. The van der Waals surface area contributed by atoms with E-state index in [0.717, 1.165) is 51.6 Å². The first-order valence-electron chi connectivity index (χ1n) is 10.00. The van der Waals surface area contributed by atoms with Crippen LogP contribution in [0.4, 0.5) is 10.8 Å². The van der Waals surface area contributed by atoms with Crippen LogP contribution in [-0.4, -0.2) is 44.7 Å². The number of hydrogen-bond donors (Lipinski definition) is 1. The zero-order chi connectivity index (χ0) is 21.1. The largest absolute Gasteiger partial charge is 0.612 e. The van der Waals surface area contributed by atoms with E-state index in [2.05, 4.69) is 32.7 Å². The molecule has 158 valence electrons. The summed E-state index contributed by atoms with van der Waals surface area (Å²) in [5, 5.41) is 4.14. The standard InChI is InChI=1S/C22H26N4O2S2/c1-15-23-22(29-25-15)24-17-6-11-21(16(13-17)14-18-5-4-12-26(18)2)28-19-7-9-20(10-8-19)30(3)27/h6-11,13,18H,4-5,12,14H2,1-3H3,(H,23,24,25). The monoisotopic (exact) mass is 442 g/mol. The van der Waals surface area contributed by atoms with Crippen LogP contribution in [0.3, 0.4) is 0 Å². The predicted molar refractivity (Wildman–Crippen MR) is 123 cm³/mol. The van der Waals surface area contributed by atoms with Crippen LogP contribution in [-0.2, 0) is 17.6 Å². The van der Waals surface area contributed by atoms with Crippen molar-refractivity contribution in [3.05, 3.63) is 53.9 Å². The van der Waals surface area contributed by atoms with E-state index in [-0.39, 0.29) is 0 Å². The predicted octanol–water partition coefficient (Wildman–Crippen LogP) is 4.76. The Morgan fingerprint density at radius 1 is 1.27 bits per heavy atom. The number of aryl methyl sites for hydroxylation is 1. The van der Waals surface area contributed by atoms with Crippen molar-refractivity contribution in [1.29, 1.82) is 0 Å². The molecule has 1 saturated heterocycles. The van der Waals surface area contributed by atoms with Crippen molar-refractivity contribution < 1.29 is 9.29 Å². The molecule has 1 aliphatic rings. The maximum atomic E-state index is 11.6. The molecule has 0 bridgehead atoms. The zero-order valence-electron chi connectivity index (χ0n) is 17.4. The highest BCUT2D eigenvalue weighted by molar-refractivity contribution is 7.90. The molecular weight excluding hydrogens is 416 g/mol. The molecule has 0 radical (unpaired) electrons. The van der Waals surface area contributed by atoms with Gasteiger partial charge in [-0.2, -0.15) is 4.37 Å². The Hall–Kier alpha value is -2.13. The summed E-state index contributed by atoms with van der Waals surface area (Å²) in [7, 11) is 2.19. The molecule has 1 N–H and O–H groups in total. The second-order valence-electron chi connectivity index (χ2n) is 7.60. The van der Waals surface area contributed by atoms with E-state index in [0.29, 0.717) is 6.04 Å². The zero-order valence-corrected chi connectivity index (χ0v) is 19.1. The van der Waals surface area contributed by atoms with Gasteiger partial charge in [0.15, 0.2) is 4.90 Å². The summed E-state index contributed by atoms with van der Waals surface area (Å²) in [5.41, 5.74) is 2.13. The molecule has 3 aromatic rings. The van der Waals surface area contributed by atoms with Gasteiger partial charge in [0.05, 0.1) is 0 Å². The smallest absolute Gasteiger partial charge is 0.207 e. The maximum absolute atomic E-state index is 11.6. The molecule has 0 saturated carbocycles. The molecule has 2 atom stereocenters. The molecule has 1 aliphatic heterocycles. The number of hydrogen-bond acceptors (Lipinski definition) is 7. The number of ether oxygens (including phenoxy) is 1. The Morgan fingerprint density at radius 3 is 2.70 bits per heavy atom. The van der Waals surface area contributed by atoms with E-state index in [4.69, 9.17) is 4.74 Å². The molecule has 0 amide bonds. The van der Waals surface area contributed by atoms with E-state index in [9.17, 15) is 4.55 Å². The molecule has 30 heavy (non-hydrogen) atoms. The molecule has 0 aliphatic carbocycles. The number of anilines is 2. The average molecular weight is 443 g/mol. The van der Waals surface area contributed by atoms with Gasteiger partial charge in [-0.3, -0.25) is 0 Å². The molecule has 2 unspecified atom stereocenters. The molecule has 2 aromatic carbocycles. The van der Waals surface area contributed by atoms with E-state index < -0.39 is 11.2 Å². The Balaban J connectivity index is 1.58. The Bertz CT molecular complexity index is 991. The van der Waals surface area contributed by atoms with E-state index in [1.54, 1.807) is 6.26 Å². The lowest BCUT2D eigenvalue weighted by Crippen LogP contribution is -2.27. The molecular formula is C22H26N4O2S2. The third-order valence-corrected chi connectivity index (χ3v) is 7.01. The van der Waals surface area contributed by atoms with Crippen LogP contribution < -0.4 is 10.1 Å². The Labute approximate surface area is 184 Å². The molecule has 1 aromatic heterocycles. The van der Waals surface area contributed by atoms with Gasteiger partial charge in [-0.1, -0.05) is 0 Å². The first kappa shape index (κ1) is 21.1. The van der Waals surface area contributed by atoms with Crippen molar-refractivity contribution in [3.63, 3.8) is 0 Å². The van der Waals surface area contributed by atoms with Gasteiger partial charge in [0, 0.05) is 23.3 Å². The van der Waals surface area contributed by atoms with Gasteiger partial charge in [-0.25, -0.2) is 4.98 Å². The summed E-state index contributed by atoms with van der Waals surface area (Å²) in [6.07, 6.45) is 5.03. The van der Waals surface area contributed by atoms with Crippen LogP contribution in [0.15, 0.2) is 47.4 Å². The molecule has 1 fully saturated rings. The van der Waals surface area contributed by atoms with Crippen molar-refractivity contribution in [1.82, 2.24) is 14.3 Å². The van der Waals surface area contributed by atoms with Crippen molar-refractivity contribution in [2.24, 2.45) is 0 Å². The first-order chi connectivity index (χ1) is 14.5. The summed E-state index contributed by atoms with van der Waals surface area (Å²) in [6, 6.07) is 14.1. The van der Waals surface area contributed by atoms with Crippen LogP contribution in [0.1, 0.15) is 24.2 Å². The lowest BCUT2D eigenvalue weighted by atomic mass is 10.0. The van der Waals surface area contributed by atoms with E-state index in [1.165, 1.54) is 24.4 Å². The van der Waals surface area contributed by atoms with Crippen LogP contribution in [0.2, 0.25) is 0 Å². The number of nitrogens with one attached hydrogen (secondary N) is 1. The third-order valence-electron chi connectivity index (χ3n) is 5.35. The number of rotatable bonds is 7. The number of likely N-dealkylation sites (tertiary alicyclic amines) is 1. The summed E-state index contributed by atoms with van der Waals surface area (Å²) in [4.78, 5) is 7.61. The lowest BCUT2D eigenvalue weighted by Gasteiger charge is -2.21. The number of aromatic nitrogens is 2. The summed E-state index contributed by atoms with van der Waals surface area (Å²) < 4.78 is 22.1. The highest BCUT2D eigenvalue weighted by atomic mass is 32.2. The van der Waals surface area contributed by atoms with Crippen molar-refractivity contribution in [2.45, 2.75) is 37.1 Å². The highest BCUT2D eigenvalue weighted by Crippen LogP contribution is 2.32. The second-order valence-corrected chi connectivity index (χ2v) is 9.73. The van der Waals surface area contributed by atoms with Gasteiger partial charge in [-0.05, 0) is 99.0 Å². The topological polar surface area (TPSA) is 73.3 Å². The van der Waals surface area contributed by atoms with Crippen molar-refractivity contribution in [2.75, 3.05) is 25.2 Å². The average Bonchev–Trinajstić information content (AvgIpc) is 3.32. The van der Waals surface area contributed by atoms with Crippen LogP contribution in [0, 0.1) is 6.92 Å². The van der Waals surface area contributed by atoms with Gasteiger partial charge >= 0.3 is 0 Å². The SMILES string of the molecule is Cc1nsc(Nc2ccc(Oc3ccc([S+](C)[O-])cc3)c(CC3CCCN3C)c2)n1. The number of benzene rings is 2. The highest BCUT2D eigenvalue weighted by Gasteiger charge is 2.23. The minimum Gasteiger partial charge on any atom is -0.612 e. The quantitative estimate of drug-likeness (QED) is 0.532. The van der Waals surface area contributed by atoms with Crippen molar-refractivity contribution in [3.8, 4) is 11.5 Å². The van der Waals surface area contributed by atoms with Gasteiger partial charge < -0.3 is 19.5 Å². The number of likely N-dealkylation sites (N-methyl/N-ethyl adjacent to an activating group) is 1. The minimum absolute atomic E-state index is 0.510. The van der Waals surface area contributed by atoms with Gasteiger partial charge in [0.25, 0.3) is 0 Å². The van der Waals surface area contributed by atoms with Gasteiger partial charge in [-0.15, -0.1) is 0 Å². The molecule has 8 heteroatoms. The fourth-order valence-corrected chi connectivity index (χ4v) is 4.82. The lowest BCUT2D eigenvalue weighted by molar-refractivity contribution is 0.307. The first-order valence-corrected chi connectivity index (χ1v) is 12.3. The van der Waals surface area contributed by atoms with Crippen LogP contribution in [0.5, 0.6) is 11.5 Å². The van der Waals surface area contributed by atoms with Gasteiger partial charge in [0.1, 0.15) is 23.6 Å². The second kappa shape index (κ2) is 9.34. The third kappa shape index (κ3) is 5.13. The minimum atomic E-state index is -0.996.